The summed E-state index contributed by atoms with van der Waals surface area (Å²) in [7, 11) is 4.14. The van der Waals surface area contributed by atoms with E-state index in [1.807, 2.05) is 12.1 Å². The van der Waals surface area contributed by atoms with Gasteiger partial charge >= 0.3 is 0 Å². The molecule has 1 aliphatic carbocycles. The lowest BCUT2D eigenvalue weighted by Gasteiger charge is -2.43. The third-order valence-corrected chi connectivity index (χ3v) is 5.84. The van der Waals surface area contributed by atoms with Gasteiger partial charge in [0.25, 0.3) is 5.91 Å². The quantitative estimate of drug-likeness (QED) is 0.603. The lowest BCUT2D eigenvalue weighted by Crippen LogP contribution is -2.59. The Hall–Kier alpha value is -2.45. The molecule has 4 rings (SSSR count). The van der Waals surface area contributed by atoms with E-state index in [0.29, 0.717) is 17.8 Å². The fourth-order valence-electron chi connectivity index (χ4n) is 3.70. The van der Waals surface area contributed by atoms with Crippen molar-refractivity contribution in [3.8, 4) is 5.75 Å². The highest BCUT2D eigenvalue weighted by molar-refractivity contribution is 5.92. The number of nitrogens with zero attached hydrogens (tertiary/aromatic N) is 5. The Morgan fingerprint density at radius 3 is 2.67 bits per heavy atom. The number of likely N-dealkylation sites (tertiary alicyclic amines) is 1. The standard InChI is InChI=1S/C22H32N6O2/c1-16(17-5-9-20(10-6-17)30-12-4-11-26(2)3)27-13-18(14-27)23-22(29)21-15-28(25-24-21)19-7-8-19/h5-6,9-10,15-16,18-19H,4,7-8,11-14H2,1-3H3,(H,23,29). The number of amides is 1. The monoisotopic (exact) mass is 412 g/mol. The maximum Gasteiger partial charge on any atom is 0.273 e. The first-order chi connectivity index (χ1) is 14.5. The van der Waals surface area contributed by atoms with Gasteiger partial charge in [-0.1, -0.05) is 17.3 Å². The number of ether oxygens (including phenoxy) is 1. The average Bonchev–Trinajstić information content (AvgIpc) is 3.44. The molecule has 8 heteroatoms. The van der Waals surface area contributed by atoms with E-state index < -0.39 is 0 Å². The van der Waals surface area contributed by atoms with Gasteiger partial charge in [-0.3, -0.25) is 9.69 Å². The summed E-state index contributed by atoms with van der Waals surface area (Å²) in [5, 5.41) is 11.1. The van der Waals surface area contributed by atoms with Gasteiger partial charge in [0.15, 0.2) is 5.69 Å². The van der Waals surface area contributed by atoms with E-state index in [1.165, 1.54) is 5.56 Å². The van der Waals surface area contributed by atoms with Gasteiger partial charge in [-0.15, -0.1) is 5.10 Å². The summed E-state index contributed by atoms with van der Waals surface area (Å²) in [6.07, 6.45) is 5.03. The van der Waals surface area contributed by atoms with Crippen LogP contribution in [0.15, 0.2) is 30.5 Å². The topological polar surface area (TPSA) is 75.5 Å². The third-order valence-electron chi connectivity index (χ3n) is 5.84. The van der Waals surface area contributed by atoms with Crippen LogP contribution >= 0.6 is 0 Å². The molecule has 2 aromatic rings. The predicted molar refractivity (Wildman–Crippen MR) is 115 cm³/mol. The van der Waals surface area contributed by atoms with Crippen LogP contribution in [0.3, 0.4) is 0 Å². The molecule has 1 amide bonds. The molecule has 0 radical (unpaired) electrons. The van der Waals surface area contributed by atoms with Crippen molar-refractivity contribution in [3.05, 3.63) is 41.7 Å². The number of carbonyl (C=O) groups is 1. The maximum atomic E-state index is 12.4. The van der Waals surface area contributed by atoms with E-state index in [2.05, 4.69) is 58.6 Å². The SMILES string of the molecule is CC(c1ccc(OCCCN(C)C)cc1)N1CC(NC(=O)c2cn(C3CC3)nn2)C1. The molecule has 162 valence electrons. The molecule has 1 saturated carbocycles. The van der Waals surface area contributed by atoms with E-state index in [4.69, 9.17) is 4.74 Å². The molecule has 1 aliphatic heterocycles. The smallest absolute Gasteiger partial charge is 0.273 e. The second-order valence-corrected chi connectivity index (χ2v) is 8.69. The third kappa shape index (κ3) is 5.17. The largest absolute Gasteiger partial charge is 0.494 e. The second-order valence-electron chi connectivity index (χ2n) is 8.69. The number of rotatable bonds is 10. The second kappa shape index (κ2) is 9.14. The highest BCUT2D eigenvalue weighted by Gasteiger charge is 2.33. The number of benzene rings is 1. The molecule has 30 heavy (non-hydrogen) atoms. The first-order valence-electron chi connectivity index (χ1n) is 10.8. The van der Waals surface area contributed by atoms with Crippen LogP contribution < -0.4 is 10.1 Å². The van der Waals surface area contributed by atoms with Gasteiger partial charge in [-0.2, -0.15) is 0 Å². The van der Waals surface area contributed by atoms with Crippen molar-refractivity contribution < 1.29 is 9.53 Å². The molecular weight excluding hydrogens is 380 g/mol. The molecule has 2 fully saturated rings. The normalized spacial score (nSPS) is 18.3. The van der Waals surface area contributed by atoms with Crippen LogP contribution in [0.25, 0.3) is 0 Å². The number of hydrogen-bond donors (Lipinski definition) is 1. The van der Waals surface area contributed by atoms with E-state index in [0.717, 1.165) is 51.3 Å². The Morgan fingerprint density at radius 1 is 1.27 bits per heavy atom. The van der Waals surface area contributed by atoms with Gasteiger partial charge in [0.05, 0.1) is 24.9 Å². The minimum Gasteiger partial charge on any atom is -0.494 e. The number of aromatic nitrogens is 3. The predicted octanol–water partition coefficient (Wildman–Crippen LogP) is 2.12. The Bertz CT molecular complexity index is 840. The van der Waals surface area contributed by atoms with Crippen molar-refractivity contribution in [1.29, 1.82) is 0 Å². The summed E-state index contributed by atoms with van der Waals surface area (Å²) in [4.78, 5) is 16.9. The van der Waals surface area contributed by atoms with Crippen molar-refractivity contribution in [3.63, 3.8) is 0 Å². The Labute approximate surface area is 178 Å². The molecule has 0 spiro atoms. The summed E-state index contributed by atoms with van der Waals surface area (Å²) in [6.45, 7) is 5.64. The minimum atomic E-state index is -0.130. The van der Waals surface area contributed by atoms with Crippen molar-refractivity contribution in [2.24, 2.45) is 0 Å². The van der Waals surface area contributed by atoms with Gasteiger partial charge in [-0.25, -0.2) is 4.68 Å². The molecule has 1 atom stereocenters. The first-order valence-corrected chi connectivity index (χ1v) is 10.8. The number of nitrogens with one attached hydrogen (secondary N) is 1. The van der Waals surface area contributed by atoms with Crippen LogP contribution in [0.2, 0.25) is 0 Å². The maximum absolute atomic E-state index is 12.4. The molecule has 2 heterocycles. The molecule has 1 aromatic heterocycles. The lowest BCUT2D eigenvalue weighted by molar-refractivity contribution is 0.0672. The van der Waals surface area contributed by atoms with Gasteiger partial charge in [0.2, 0.25) is 0 Å². The zero-order chi connectivity index (χ0) is 21.1. The van der Waals surface area contributed by atoms with Crippen LogP contribution in [0, 0.1) is 0 Å². The number of carbonyl (C=O) groups excluding carboxylic acids is 1. The van der Waals surface area contributed by atoms with Crippen LogP contribution in [-0.2, 0) is 0 Å². The van der Waals surface area contributed by atoms with E-state index in [1.54, 1.807) is 10.9 Å². The van der Waals surface area contributed by atoms with Gasteiger partial charge in [-0.05, 0) is 58.0 Å². The number of hydrogen-bond acceptors (Lipinski definition) is 6. The molecule has 2 aliphatic rings. The van der Waals surface area contributed by atoms with Crippen LogP contribution in [0.1, 0.15) is 54.3 Å². The summed E-state index contributed by atoms with van der Waals surface area (Å²) in [5.41, 5.74) is 1.67. The van der Waals surface area contributed by atoms with Crippen LogP contribution in [0.4, 0.5) is 0 Å². The minimum absolute atomic E-state index is 0.130. The molecule has 1 aromatic carbocycles. The molecule has 1 N–H and O–H groups in total. The summed E-state index contributed by atoms with van der Waals surface area (Å²) < 4.78 is 7.62. The molecular formula is C22H32N6O2. The first kappa shape index (κ1) is 20.8. The van der Waals surface area contributed by atoms with E-state index in [9.17, 15) is 4.79 Å². The Kier molecular flexibility index (Phi) is 6.34. The molecule has 8 nitrogen and oxygen atoms in total. The fourth-order valence-corrected chi connectivity index (χ4v) is 3.70. The van der Waals surface area contributed by atoms with Crippen molar-refractivity contribution in [1.82, 2.24) is 30.1 Å². The fraction of sp³-hybridized carbons (Fsp3) is 0.591. The summed E-state index contributed by atoms with van der Waals surface area (Å²) in [5.74, 6) is 0.785. The highest BCUT2D eigenvalue weighted by atomic mass is 16.5. The lowest BCUT2D eigenvalue weighted by atomic mass is 10.0. The molecule has 0 bridgehead atoms. The van der Waals surface area contributed by atoms with Crippen molar-refractivity contribution in [2.75, 3.05) is 40.3 Å². The van der Waals surface area contributed by atoms with Gasteiger partial charge < -0.3 is 15.0 Å². The van der Waals surface area contributed by atoms with Crippen molar-refractivity contribution in [2.45, 2.75) is 44.3 Å². The van der Waals surface area contributed by atoms with E-state index >= 15 is 0 Å². The van der Waals surface area contributed by atoms with Gasteiger partial charge in [0, 0.05) is 25.7 Å². The van der Waals surface area contributed by atoms with E-state index in [-0.39, 0.29) is 11.9 Å². The molecule has 1 unspecified atom stereocenters. The highest BCUT2D eigenvalue weighted by Crippen LogP contribution is 2.33. The van der Waals surface area contributed by atoms with Gasteiger partial charge in [0.1, 0.15) is 5.75 Å². The summed E-state index contributed by atoms with van der Waals surface area (Å²) >= 11 is 0. The Balaban J connectivity index is 1.19. The zero-order valence-corrected chi connectivity index (χ0v) is 18.1. The summed E-state index contributed by atoms with van der Waals surface area (Å²) in [6, 6.07) is 9.26. The van der Waals surface area contributed by atoms with Crippen molar-refractivity contribution >= 4 is 5.91 Å². The van der Waals surface area contributed by atoms with Crippen LogP contribution in [-0.4, -0.2) is 77.1 Å². The molecule has 1 saturated heterocycles. The van der Waals surface area contributed by atoms with Crippen LogP contribution in [0.5, 0.6) is 5.75 Å². The Morgan fingerprint density at radius 2 is 2.00 bits per heavy atom. The zero-order valence-electron chi connectivity index (χ0n) is 18.1. The average molecular weight is 413 g/mol.